The van der Waals surface area contributed by atoms with Gasteiger partial charge in [0.1, 0.15) is 0 Å². The average Bonchev–Trinajstić information content (AvgIpc) is 3.08. The third kappa shape index (κ3) is 3.06. The summed E-state index contributed by atoms with van der Waals surface area (Å²) in [4.78, 5) is 12.0. The molecule has 2 aromatic carbocycles. The molecule has 2 aromatic rings. The number of hydrogen-bond acceptors (Lipinski definition) is 2. The van der Waals surface area contributed by atoms with Gasteiger partial charge in [-0.15, -0.1) is 0 Å². The first-order chi connectivity index (χ1) is 11.1. The molecule has 1 atom stereocenters. The lowest BCUT2D eigenvalue weighted by atomic mass is 9.85. The molecule has 0 aromatic heterocycles. The summed E-state index contributed by atoms with van der Waals surface area (Å²) in [6.45, 7) is 0. The van der Waals surface area contributed by atoms with E-state index in [2.05, 4.69) is 6.08 Å². The van der Waals surface area contributed by atoms with E-state index in [9.17, 15) is 9.90 Å². The number of aliphatic hydroxyl groups is 1. The van der Waals surface area contributed by atoms with Crippen molar-refractivity contribution in [2.75, 3.05) is 0 Å². The molecular formula is C20H21NO2. The fourth-order valence-corrected chi connectivity index (χ4v) is 3.19. The third-order valence-corrected chi connectivity index (χ3v) is 4.47. The second-order valence-corrected chi connectivity index (χ2v) is 6.08. The molecule has 0 heterocycles. The van der Waals surface area contributed by atoms with Gasteiger partial charge in [0.15, 0.2) is 5.60 Å². The molecule has 0 spiro atoms. The summed E-state index contributed by atoms with van der Waals surface area (Å²) in [6, 6.07) is 16.3. The zero-order chi connectivity index (χ0) is 16.3. The monoisotopic (exact) mass is 307 g/mol. The number of carbonyl (C=O) groups excluding carboxylic acids is 1. The number of benzene rings is 2. The first-order valence-electron chi connectivity index (χ1n) is 7.98. The Hall–Kier alpha value is -2.39. The van der Waals surface area contributed by atoms with Crippen molar-refractivity contribution in [3.8, 4) is 0 Å². The zero-order valence-corrected chi connectivity index (χ0v) is 13.0. The van der Waals surface area contributed by atoms with Crippen LogP contribution in [0.25, 0.3) is 6.08 Å². The Morgan fingerprint density at radius 3 is 2.30 bits per heavy atom. The Bertz CT molecular complexity index is 728. The molecule has 3 rings (SSSR count). The number of amides is 1. The molecule has 0 radical (unpaired) electrons. The number of allylic oxidation sites excluding steroid dienone is 1. The van der Waals surface area contributed by atoms with Gasteiger partial charge >= 0.3 is 0 Å². The molecule has 3 nitrogen and oxygen atoms in total. The number of nitrogens with two attached hydrogens (primary N) is 1. The summed E-state index contributed by atoms with van der Waals surface area (Å²) < 4.78 is 0. The van der Waals surface area contributed by atoms with Crippen LogP contribution in [0.1, 0.15) is 42.4 Å². The largest absolute Gasteiger partial charge is 0.372 e. The summed E-state index contributed by atoms with van der Waals surface area (Å²) in [5.41, 5.74) is 7.13. The number of hydrogen-bond donors (Lipinski definition) is 2. The molecule has 0 aliphatic heterocycles. The first kappa shape index (κ1) is 15.5. The summed E-state index contributed by atoms with van der Waals surface area (Å²) in [6.07, 6.45) is 6.89. The van der Waals surface area contributed by atoms with Crippen LogP contribution < -0.4 is 5.73 Å². The van der Waals surface area contributed by atoms with Crippen LogP contribution in [-0.2, 0) is 10.4 Å². The van der Waals surface area contributed by atoms with E-state index in [0.29, 0.717) is 11.1 Å². The second-order valence-electron chi connectivity index (χ2n) is 6.08. The summed E-state index contributed by atoms with van der Waals surface area (Å²) >= 11 is 0. The second kappa shape index (κ2) is 6.39. The van der Waals surface area contributed by atoms with Crippen molar-refractivity contribution in [3.63, 3.8) is 0 Å². The smallest absolute Gasteiger partial charge is 0.258 e. The molecule has 3 heteroatoms. The maximum absolute atomic E-state index is 12.0. The van der Waals surface area contributed by atoms with Crippen molar-refractivity contribution in [2.24, 2.45) is 5.73 Å². The van der Waals surface area contributed by atoms with Gasteiger partial charge in [0.2, 0.25) is 0 Å². The molecule has 1 aliphatic carbocycles. The van der Waals surface area contributed by atoms with E-state index in [1.54, 1.807) is 30.3 Å². The average molecular weight is 307 g/mol. The maximum atomic E-state index is 12.0. The zero-order valence-electron chi connectivity index (χ0n) is 13.0. The van der Waals surface area contributed by atoms with Gasteiger partial charge in [-0.1, -0.05) is 60.2 Å². The number of primary amides is 1. The Morgan fingerprint density at radius 1 is 1.00 bits per heavy atom. The summed E-state index contributed by atoms with van der Waals surface area (Å²) in [5, 5.41) is 11.0. The predicted molar refractivity (Wildman–Crippen MR) is 91.5 cm³/mol. The predicted octanol–water partition coefficient (Wildman–Crippen LogP) is 3.37. The van der Waals surface area contributed by atoms with Crippen molar-refractivity contribution in [1.82, 2.24) is 0 Å². The van der Waals surface area contributed by atoms with Gasteiger partial charge in [-0.05, 0) is 48.4 Å². The van der Waals surface area contributed by atoms with Crippen molar-refractivity contribution < 1.29 is 9.90 Å². The van der Waals surface area contributed by atoms with E-state index in [0.717, 1.165) is 18.4 Å². The van der Waals surface area contributed by atoms with E-state index in [1.165, 1.54) is 18.4 Å². The maximum Gasteiger partial charge on any atom is 0.258 e. The van der Waals surface area contributed by atoms with Crippen LogP contribution in [0.5, 0.6) is 0 Å². The van der Waals surface area contributed by atoms with Gasteiger partial charge in [-0.3, -0.25) is 4.79 Å². The Labute approximate surface area is 136 Å². The molecule has 118 valence electrons. The normalized spacial score (nSPS) is 16.8. The highest BCUT2D eigenvalue weighted by atomic mass is 16.3. The molecule has 0 bridgehead atoms. The third-order valence-electron chi connectivity index (χ3n) is 4.47. The fraction of sp³-hybridized carbons (Fsp3) is 0.250. The highest BCUT2D eigenvalue weighted by Gasteiger charge is 2.38. The van der Waals surface area contributed by atoms with E-state index < -0.39 is 11.5 Å². The van der Waals surface area contributed by atoms with Crippen LogP contribution in [0.2, 0.25) is 0 Å². The summed E-state index contributed by atoms with van der Waals surface area (Å²) in [7, 11) is 0. The molecule has 1 amide bonds. The van der Waals surface area contributed by atoms with Crippen molar-refractivity contribution in [1.29, 1.82) is 0 Å². The Balaban J connectivity index is 2.04. The number of rotatable bonds is 4. The van der Waals surface area contributed by atoms with E-state index in [-0.39, 0.29) is 0 Å². The van der Waals surface area contributed by atoms with Gasteiger partial charge in [0.25, 0.3) is 5.91 Å². The molecule has 3 N–H and O–H groups in total. The van der Waals surface area contributed by atoms with Crippen LogP contribution in [0.4, 0.5) is 0 Å². The minimum atomic E-state index is -1.81. The van der Waals surface area contributed by atoms with Crippen LogP contribution in [0.3, 0.4) is 0 Å². The van der Waals surface area contributed by atoms with E-state index in [1.807, 2.05) is 24.3 Å². The van der Waals surface area contributed by atoms with E-state index in [4.69, 9.17) is 5.73 Å². The summed E-state index contributed by atoms with van der Waals surface area (Å²) in [5.74, 6) is -0.769. The standard InChI is InChI=1S/C20H21NO2/c21-19(22)20(23,17-10-2-1-3-11-17)18-12-6-9-16(14-18)13-15-7-4-5-8-15/h1-3,6,9-14,23H,4-5,7-8H2,(H2,21,22). The van der Waals surface area contributed by atoms with E-state index >= 15 is 0 Å². The molecule has 1 unspecified atom stereocenters. The number of carbonyl (C=O) groups is 1. The Morgan fingerprint density at radius 2 is 1.65 bits per heavy atom. The van der Waals surface area contributed by atoms with Crippen LogP contribution in [-0.4, -0.2) is 11.0 Å². The first-order valence-corrected chi connectivity index (χ1v) is 7.98. The van der Waals surface area contributed by atoms with Crippen LogP contribution in [0, 0.1) is 0 Å². The minimum absolute atomic E-state index is 0.484. The van der Waals surface area contributed by atoms with Crippen LogP contribution >= 0.6 is 0 Å². The molecule has 1 fully saturated rings. The molecular weight excluding hydrogens is 286 g/mol. The van der Waals surface area contributed by atoms with Gasteiger partial charge < -0.3 is 10.8 Å². The van der Waals surface area contributed by atoms with Crippen molar-refractivity contribution in [2.45, 2.75) is 31.3 Å². The molecule has 0 saturated heterocycles. The van der Waals surface area contributed by atoms with Crippen LogP contribution in [0.15, 0.2) is 60.2 Å². The van der Waals surface area contributed by atoms with Gasteiger partial charge in [0.05, 0.1) is 0 Å². The van der Waals surface area contributed by atoms with Crippen molar-refractivity contribution in [3.05, 3.63) is 76.9 Å². The SMILES string of the molecule is NC(=O)C(O)(c1ccccc1)c1cccc(C=C2CCCC2)c1. The van der Waals surface area contributed by atoms with Gasteiger partial charge in [0, 0.05) is 0 Å². The molecule has 1 aliphatic rings. The minimum Gasteiger partial charge on any atom is -0.372 e. The van der Waals surface area contributed by atoms with Gasteiger partial charge in [-0.25, -0.2) is 0 Å². The highest BCUT2D eigenvalue weighted by Crippen LogP contribution is 2.31. The lowest BCUT2D eigenvalue weighted by molar-refractivity contribution is -0.133. The Kier molecular flexibility index (Phi) is 4.30. The molecule has 1 saturated carbocycles. The lowest BCUT2D eigenvalue weighted by Crippen LogP contribution is -2.42. The lowest BCUT2D eigenvalue weighted by Gasteiger charge is -2.26. The highest BCUT2D eigenvalue weighted by molar-refractivity contribution is 5.88. The quantitative estimate of drug-likeness (QED) is 0.909. The fourth-order valence-electron chi connectivity index (χ4n) is 3.19. The molecule has 23 heavy (non-hydrogen) atoms. The van der Waals surface area contributed by atoms with Gasteiger partial charge in [-0.2, -0.15) is 0 Å². The van der Waals surface area contributed by atoms with Crippen molar-refractivity contribution >= 4 is 12.0 Å². The topological polar surface area (TPSA) is 63.3 Å².